The van der Waals surface area contributed by atoms with Gasteiger partial charge in [0.05, 0.1) is 22.6 Å². The van der Waals surface area contributed by atoms with Crippen LogP contribution in [-0.4, -0.2) is 67.6 Å². The smallest absolute Gasteiger partial charge is 0.326 e. The van der Waals surface area contributed by atoms with Crippen LogP contribution in [0.3, 0.4) is 0 Å². The number of carboxylic acids is 2. The summed E-state index contributed by atoms with van der Waals surface area (Å²) in [6, 6.07) is 14.0. The average molecular weight is 884 g/mol. The summed E-state index contributed by atoms with van der Waals surface area (Å²) in [5.41, 5.74) is 15.7. The Morgan fingerprint density at radius 2 is 1.39 bits per heavy atom. The summed E-state index contributed by atoms with van der Waals surface area (Å²) in [6.45, 7) is 1.81. The lowest BCUT2D eigenvalue weighted by atomic mass is 10.0. The molecule has 3 aromatic carbocycles. The van der Waals surface area contributed by atoms with Gasteiger partial charge in [0.2, 0.25) is 11.8 Å². The lowest BCUT2D eigenvalue weighted by Crippen LogP contribution is -2.49. The van der Waals surface area contributed by atoms with Crippen molar-refractivity contribution in [2.24, 2.45) is 5.73 Å². The van der Waals surface area contributed by atoms with Crippen LogP contribution in [0.4, 0.5) is 26.4 Å². The van der Waals surface area contributed by atoms with E-state index in [0.717, 1.165) is 74.5 Å². The lowest BCUT2D eigenvalue weighted by molar-refractivity contribution is -0.143. The molecule has 332 valence electrons. The third-order valence-corrected chi connectivity index (χ3v) is 9.94. The van der Waals surface area contributed by atoms with E-state index in [1.165, 1.54) is 10.7 Å². The van der Waals surface area contributed by atoms with Crippen LogP contribution in [0.15, 0.2) is 60.7 Å². The molecule has 2 atom stereocenters. The first-order valence-corrected chi connectivity index (χ1v) is 20.0. The number of fused-ring (bicyclic) bond motifs is 1. The number of hydrogen-bond donors (Lipinski definition) is 7. The van der Waals surface area contributed by atoms with Crippen molar-refractivity contribution in [2.75, 3.05) is 16.4 Å². The predicted molar refractivity (Wildman–Crippen MR) is 244 cm³/mol. The Bertz CT molecular complexity index is 2120. The first kappa shape index (κ1) is 51.7. The van der Waals surface area contributed by atoms with Gasteiger partial charge in [0, 0.05) is 31.4 Å². The Hall–Kier alpha value is -5.46. The van der Waals surface area contributed by atoms with E-state index in [4.69, 9.17) is 16.6 Å². The average Bonchev–Trinajstić information content (AvgIpc) is 3.54. The first-order chi connectivity index (χ1) is 28.2. The van der Waals surface area contributed by atoms with Crippen LogP contribution >= 0.6 is 27.0 Å². The number of amides is 3. The monoisotopic (exact) mass is 883 g/mol. The third kappa shape index (κ3) is 16.5. The van der Waals surface area contributed by atoms with E-state index in [0.29, 0.717) is 29.4 Å². The van der Waals surface area contributed by atoms with Crippen LogP contribution < -0.4 is 27.4 Å². The standard InChI is InChI=1S/C43H54FN7O8.2H2S/c1-27-17-22-32(44)35(25-27)49-43(59)47-29-20-18-28(19-21-29)31-14-12-15-36-39(31)40(46)50-51(36)37(53)16-11-9-7-5-3-2-4-6-8-10-13-30(52)26-33(45)41(56)48-34(42(57)58)23-24-38(54)55;;/h12,14-15,17-22,25,33-34H,2-11,13,16,23-24,26,45H2,1H3,(H2,46,50)(H,48,56)(H,54,55)(H,57,58)(H2,47,49,59);2*1H2/t33-,34-;;/m0../s1. The number of benzene rings is 3. The molecule has 0 unspecified atom stereocenters. The maximum absolute atomic E-state index is 14.1. The molecule has 0 fully saturated rings. The number of anilines is 3. The molecule has 9 N–H and O–H groups in total. The summed E-state index contributed by atoms with van der Waals surface area (Å²) in [7, 11) is 0. The zero-order valence-electron chi connectivity index (χ0n) is 34.3. The van der Waals surface area contributed by atoms with E-state index in [9.17, 15) is 38.3 Å². The molecule has 0 aliphatic carbocycles. The van der Waals surface area contributed by atoms with Crippen molar-refractivity contribution in [1.29, 1.82) is 0 Å². The molecule has 1 aromatic heterocycles. The van der Waals surface area contributed by atoms with Gasteiger partial charge in [-0.3, -0.25) is 19.2 Å². The van der Waals surface area contributed by atoms with Gasteiger partial charge in [0.15, 0.2) is 5.82 Å². The number of urea groups is 1. The van der Waals surface area contributed by atoms with Crippen LogP contribution in [-0.2, 0) is 19.2 Å². The van der Waals surface area contributed by atoms with Gasteiger partial charge in [0.1, 0.15) is 17.6 Å². The van der Waals surface area contributed by atoms with Crippen LogP contribution in [0.25, 0.3) is 22.0 Å². The number of unbranched alkanes of at least 4 members (excludes halogenated alkanes) is 9. The van der Waals surface area contributed by atoms with E-state index in [1.54, 1.807) is 31.2 Å². The third-order valence-electron chi connectivity index (χ3n) is 9.94. The van der Waals surface area contributed by atoms with E-state index in [2.05, 4.69) is 21.0 Å². The Morgan fingerprint density at radius 3 is 2.00 bits per heavy atom. The molecule has 0 aliphatic rings. The zero-order valence-corrected chi connectivity index (χ0v) is 36.3. The molecule has 4 rings (SSSR count). The van der Waals surface area contributed by atoms with Crippen molar-refractivity contribution < 1.29 is 43.4 Å². The molecule has 0 spiro atoms. The predicted octanol–water partition coefficient (Wildman–Crippen LogP) is 7.64. The van der Waals surface area contributed by atoms with Crippen molar-refractivity contribution >= 4 is 90.7 Å². The summed E-state index contributed by atoms with van der Waals surface area (Å²) in [5.74, 6) is -3.95. The Kier molecular flexibility index (Phi) is 22.0. The van der Waals surface area contributed by atoms with Gasteiger partial charge in [-0.05, 0) is 73.2 Å². The Morgan fingerprint density at radius 1 is 0.787 bits per heavy atom. The molecule has 4 aromatic rings. The van der Waals surface area contributed by atoms with E-state index < -0.39 is 48.2 Å². The number of aromatic nitrogens is 2. The summed E-state index contributed by atoms with van der Waals surface area (Å²) < 4.78 is 15.5. The first-order valence-electron chi connectivity index (χ1n) is 20.0. The van der Waals surface area contributed by atoms with E-state index >= 15 is 0 Å². The van der Waals surface area contributed by atoms with Crippen molar-refractivity contribution in [2.45, 2.75) is 115 Å². The number of aliphatic carboxylic acids is 2. The minimum absolute atomic E-state index is 0. The van der Waals surface area contributed by atoms with Crippen LogP contribution in [0.5, 0.6) is 0 Å². The van der Waals surface area contributed by atoms with Gasteiger partial charge in [-0.25, -0.2) is 14.0 Å². The van der Waals surface area contributed by atoms with Gasteiger partial charge >= 0.3 is 18.0 Å². The molecule has 0 bridgehead atoms. The number of carbonyl (C=O) groups excluding carboxylic acids is 4. The second-order valence-electron chi connectivity index (χ2n) is 14.7. The number of ketones is 1. The lowest BCUT2D eigenvalue weighted by Gasteiger charge is -2.17. The molecule has 0 aliphatic heterocycles. The summed E-state index contributed by atoms with van der Waals surface area (Å²) in [4.78, 5) is 72.2. The molecule has 18 heteroatoms. The zero-order chi connectivity index (χ0) is 42.9. The summed E-state index contributed by atoms with van der Waals surface area (Å²) >= 11 is 0. The number of nitrogen functional groups attached to an aromatic ring is 1. The van der Waals surface area contributed by atoms with Crippen molar-refractivity contribution in [3.8, 4) is 11.1 Å². The fraction of sp³-hybridized carbons (Fsp3) is 0.419. The molecule has 1 heterocycles. The fourth-order valence-electron chi connectivity index (χ4n) is 6.74. The van der Waals surface area contributed by atoms with Crippen LogP contribution in [0.2, 0.25) is 0 Å². The molecule has 0 saturated carbocycles. The molecule has 0 saturated heterocycles. The minimum Gasteiger partial charge on any atom is -0.481 e. The SMILES string of the molecule is Cc1ccc(F)c(NC(=O)Nc2ccc(-c3cccc4c3c(N)nn4C(=O)CCCCCCCCCCCCC(=O)C[C@H](N)C(=O)N[C@@H](CCC(=O)O)C(=O)O)cc2)c1.S.S. The highest BCUT2D eigenvalue weighted by atomic mass is 32.1. The highest BCUT2D eigenvalue weighted by molar-refractivity contribution is 7.59. The summed E-state index contributed by atoms with van der Waals surface area (Å²) in [5, 5.41) is 30.4. The van der Waals surface area contributed by atoms with Gasteiger partial charge < -0.3 is 37.6 Å². The number of carboxylic acid groups (broad SMARTS) is 2. The molecule has 15 nitrogen and oxygen atoms in total. The molecular formula is C43H58FN7O8S2. The van der Waals surface area contributed by atoms with Gasteiger partial charge in [-0.2, -0.15) is 31.7 Å². The van der Waals surface area contributed by atoms with Crippen molar-refractivity contribution in [3.63, 3.8) is 0 Å². The minimum atomic E-state index is -1.39. The highest BCUT2D eigenvalue weighted by Gasteiger charge is 2.25. The molecular weight excluding hydrogens is 826 g/mol. The quantitative estimate of drug-likeness (QED) is 0.0337. The second kappa shape index (κ2) is 26.0. The number of rotatable bonds is 24. The molecule has 0 radical (unpaired) electrons. The normalized spacial score (nSPS) is 11.7. The van der Waals surface area contributed by atoms with E-state index in [-0.39, 0.29) is 69.4 Å². The fourth-order valence-corrected chi connectivity index (χ4v) is 6.74. The van der Waals surface area contributed by atoms with Crippen LogP contribution in [0, 0.1) is 12.7 Å². The number of nitrogens with zero attached hydrogens (tertiary/aromatic N) is 2. The molecule has 3 amide bonds. The van der Waals surface area contributed by atoms with Crippen molar-refractivity contribution in [1.82, 2.24) is 15.1 Å². The van der Waals surface area contributed by atoms with Gasteiger partial charge in [0.25, 0.3) is 0 Å². The van der Waals surface area contributed by atoms with Gasteiger partial charge in [-0.1, -0.05) is 81.7 Å². The Balaban J connectivity index is 0.00000641. The Labute approximate surface area is 368 Å². The molecule has 61 heavy (non-hydrogen) atoms. The van der Waals surface area contributed by atoms with Crippen LogP contribution in [0.1, 0.15) is 107 Å². The number of hydrogen-bond acceptors (Lipinski definition) is 9. The number of nitrogens with two attached hydrogens (primary N) is 2. The topological polar surface area (TPSA) is 249 Å². The number of carbonyl (C=O) groups is 6. The summed E-state index contributed by atoms with van der Waals surface area (Å²) in [6.07, 6.45) is 9.05. The van der Waals surface area contributed by atoms with Gasteiger partial charge in [-0.15, -0.1) is 5.10 Å². The number of Topliss-reactive ketones (excluding diaryl/α,β-unsaturated/α-hetero) is 1. The largest absolute Gasteiger partial charge is 0.481 e. The number of nitrogens with one attached hydrogen (secondary N) is 3. The number of halogens is 1. The maximum Gasteiger partial charge on any atom is 0.326 e. The maximum atomic E-state index is 14.1. The second-order valence-corrected chi connectivity index (χ2v) is 14.7. The number of aryl methyl sites for hydroxylation is 1. The van der Waals surface area contributed by atoms with E-state index in [1.807, 2.05) is 30.3 Å². The highest BCUT2D eigenvalue weighted by Crippen LogP contribution is 2.33. The van der Waals surface area contributed by atoms with Crippen molar-refractivity contribution in [3.05, 3.63) is 72.0 Å².